The lowest BCUT2D eigenvalue weighted by Gasteiger charge is -2.40. The molecule has 8 nitrogen and oxygen atoms in total. The van der Waals surface area contributed by atoms with Gasteiger partial charge in [0.25, 0.3) is 5.79 Å². The van der Waals surface area contributed by atoms with Gasteiger partial charge in [0.05, 0.1) is 27.6 Å². The van der Waals surface area contributed by atoms with E-state index in [-0.39, 0.29) is 12.2 Å². The lowest BCUT2D eigenvalue weighted by atomic mass is 9.97. The van der Waals surface area contributed by atoms with Crippen LogP contribution in [0.3, 0.4) is 0 Å². The van der Waals surface area contributed by atoms with E-state index in [9.17, 15) is 4.79 Å². The fourth-order valence-electron chi connectivity index (χ4n) is 3.80. The molecular formula is C27H34O8. The molecule has 1 spiro atoms. The quantitative estimate of drug-likeness (QED) is 0.177. The highest BCUT2D eigenvalue weighted by molar-refractivity contribution is 5.93. The number of fused-ring (bicyclic) bond motifs is 1. The summed E-state index contributed by atoms with van der Waals surface area (Å²) in [5, 5.41) is 0. The van der Waals surface area contributed by atoms with Gasteiger partial charge in [-0.25, -0.2) is 4.79 Å². The number of carbonyl (C=O) groups is 1. The molecule has 2 unspecified atom stereocenters. The fourth-order valence-corrected chi connectivity index (χ4v) is 3.80. The summed E-state index contributed by atoms with van der Waals surface area (Å²) >= 11 is 0. The predicted octanol–water partition coefficient (Wildman–Crippen LogP) is 4.91. The van der Waals surface area contributed by atoms with Gasteiger partial charge in [0.15, 0.2) is 24.4 Å². The van der Waals surface area contributed by atoms with Crippen molar-refractivity contribution in [2.75, 3.05) is 27.9 Å². The third kappa shape index (κ3) is 5.55. The van der Waals surface area contributed by atoms with Crippen LogP contribution >= 0.6 is 0 Å². The van der Waals surface area contributed by atoms with Gasteiger partial charge in [-0.3, -0.25) is 0 Å². The van der Waals surface area contributed by atoms with Gasteiger partial charge >= 0.3 is 5.97 Å². The van der Waals surface area contributed by atoms with Crippen molar-refractivity contribution in [3.05, 3.63) is 64.7 Å². The van der Waals surface area contributed by atoms with E-state index in [1.165, 1.54) is 27.6 Å². The van der Waals surface area contributed by atoms with E-state index in [0.717, 1.165) is 11.1 Å². The molecule has 1 aromatic carbocycles. The highest BCUT2D eigenvalue weighted by Gasteiger charge is 2.60. The summed E-state index contributed by atoms with van der Waals surface area (Å²) in [7, 11) is 4.30. The second kappa shape index (κ2) is 10.6. The lowest BCUT2D eigenvalue weighted by molar-refractivity contribution is -0.216. The molecule has 35 heavy (non-hydrogen) atoms. The molecule has 0 aromatic heterocycles. The molecule has 0 bridgehead atoms. The minimum absolute atomic E-state index is 0.202. The average molecular weight is 487 g/mol. The molecule has 0 saturated carbocycles. The van der Waals surface area contributed by atoms with Gasteiger partial charge in [-0.15, -0.1) is 0 Å². The Labute approximate surface area is 206 Å². The summed E-state index contributed by atoms with van der Waals surface area (Å²) in [6.45, 7) is 9.78. The van der Waals surface area contributed by atoms with Gasteiger partial charge < -0.3 is 33.2 Å². The first-order valence-corrected chi connectivity index (χ1v) is 11.3. The summed E-state index contributed by atoms with van der Waals surface area (Å²) in [4.78, 5) is 12.1. The minimum Gasteiger partial charge on any atom is -0.503 e. The van der Waals surface area contributed by atoms with Gasteiger partial charge in [-0.1, -0.05) is 17.7 Å². The predicted molar refractivity (Wildman–Crippen MR) is 131 cm³/mol. The highest BCUT2D eigenvalue weighted by atomic mass is 16.8. The Hall–Kier alpha value is -3.23. The van der Waals surface area contributed by atoms with Crippen LogP contribution in [0.15, 0.2) is 59.1 Å². The summed E-state index contributed by atoms with van der Waals surface area (Å²) < 4.78 is 40.0. The SMILES string of the molecule is CO\C=C(C(=O)OC)/C(C)=C(\C=C\c1ccc2c(c1)OC1(CO2)OC(C=C(C)C)OC1(C)C)OC. The zero-order chi connectivity index (χ0) is 25.8. The van der Waals surface area contributed by atoms with Gasteiger partial charge in [-0.2, -0.15) is 0 Å². The number of hydrogen-bond acceptors (Lipinski definition) is 8. The van der Waals surface area contributed by atoms with Crippen LogP contribution in [0.2, 0.25) is 0 Å². The standard InChI is InChI=1S/C27H34O8/c1-17(2)13-24-34-26(4,5)27(35-24)16-32-22-12-10-19(14-23(22)33-27)9-11-21(30-7)18(3)20(15-29-6)25(28)31-8/h9-15,24H,16H2,1-8H3/b11-9+,20-15+,21-18+. The number of hydrogen-bond donors (Lipinski definition) is 0. The summed E-state index contributed by atoms with van der Waals surface area (Å²) in [5.74, 6) is 0.0238. The molecule has 8 heteroatoms. The zero-order valence-corrected chi connectivity index (χ0v) is 21.6. The Bertz CT molecular complexity index is 1070. The van der Waals surface area contributed by atoms with Crippen molar-refractivity contribution in [1.29, 1.82) is 0 Å². The van der Waals surface area contributed by atoms with E-state index in [4.69, 9.17) is 33.2 Å². The molecule has 0 aliphatic carbocycles. The molecule has 2 aliphatic heterocycles. The number of methoxy groups -OCH3 is 3. The first-order chi connectivity index (χ1) is 16.6. The molecule has 0 N–H and O–H groups in total. The number of allylic oxidation sites excluding steroid dienone is 2. The van der Waals surface area contributed by atoms with E-state index < -0.39 is 23.6 Å². The maximum Gasteiger partial charge on any atom is 0.341 e. The highest BCUT2D eigenvalue weighted by Crippen LogP contribution is 2.46. The number of ether oxygens (including phenoxy) is 7. The molecule has 3 rings (SSSR count). The third-order valence-electron chi connectivity index (χ3n) is 5.83. The molecule has 1 fully saturated rings. The second-order valence-electron chi connectivity index (χ2n) is 8.99. The minimum atomic E-state index is -1.09. The Morgan fingerprint density at radius 3 is 2.43 bits per heavy atom. The van der Waals surface area contributed by atoms with Gasteiger partial charge in [0.1, 0.15) is 16.9 Å². The monoisotopic (exact) mass is 486 g/mol. The molecular weight excluding hydrogens is 452 g/mol. The van der Waals surface area contributed by atoms with Crippen molar-refractivity contribution < 1.29 is 38.0 Å². The zero-order valence-electron chi connectivity index (χ0n) is 21.6. The molecule has 2 aliphatic rings. The Morgan fingerprint density at radius 2 is 1.80 bits per heavy atom. The average Bonchev–Trinajstić information content (AvgIpc) is 3.04. The van der Waals surface area contributed by atoms with Crippen LogP contribution in [0.1, 0.15) is 40.2 Å². The Morgan fingerprint density at radius 1 is 1.06 bits per heavy atom. The number of rotatable bonds is 7. The van der Waals surface area contributed by atoms with Crippen LogP contribution < -0.4 is 9.47 Å². The van der Waals surface area contributed by atoms with E-state index in [0.29, 0.717) is 22.8 Å². The van der Waals surface area contributed by atoms with Crippen molar-refractivity contribution in [3.63, 3.8) is 0 Å². The van der Waals surface area contributed by atoms with Gasteiger partial charge in [0.2, 0.25) is 0 Å². The molecule has 0 radical (unpaired) electrons. The second-order valence-corrected chi connectivity index (χ2v) is 8.99. The van der Waals surface area contributed by atoms with Crippen molar-refractivity contribution in [2.45, 2.75) is 52.3 Å². The van der Waals surface area contributed by atoms with Crippen LogP contribution in [-0.2, 0) is 28.5 Å². The molecule has 1 saturated heterocycles. The molecule has 190 valence electrons. The van der Waals surface area contributed by atoms with Crippen LogP contribution in [0, 0.1) is 0 Å². The van der Waals surface area contributed by atoms with Crippen molar-refractivity contribution in [3.8, 4) is 11.5 Å². The van der Waals surface area contributed by atoms with Crippen LogP contribution in [0.25, 0.3) is 6.08 Å². The number of esters is 1. The van der Waals surface area contributed by atoms with E-state index in [2.05, 4.69) is 0 Å². The van der Waals surface area contributed by atoms with Gasteiger partial charge in [-0.05, 0) is 64.5 Å². The third-order valence-corrected chi connectivity index (χ3v) is 5.83. The topological polar surface area (TPSA) is 81.7 Å². The largest absolute Gasteiger partial charge is 0.503 e. The van der Waals surface area contributed by atoms with Crippen molar-refractivity contribution in [2.24, 2.45) is 0 Å². The van der Waals surface area contributed by atoms with Gasteiger partial charge in [0, 0.05) is 5.57 Å². The van der Waals surface area contributed by atoms with E-state index in [1.807, 2.05) is 58.0 Å². The Balaban J connectivity index is 1.89. The smallest absolute Gasteiger partial charge is 0.341 e. The first-order valence-electron chi connectivity index (χ1n) is 11.3. The molecule has 2 heterocycles. The van der Waals surface area contributed by atoms with E-state index >= 15 is 0 Å². The normalized spacial score (nSPS) is 23.7. The van der Waals surface area contributed by atoms with Crippen LogP contribution in [0.4, 0.5) is 0 Å². The molecule has 1 aromatic rings. The summed E-state index contributed by atoms with van der Waals surface area (Å²) in [5.41, 5.74) is 2.00. The van der Waals surface area contributed by atoms with Crippen molar-refractivity contribution >= 4 is 12.0 Å². The number of carbonyl (C=O) groups excluding carboxylic acids is 1. The number of benzene rings is 1. The summed E-state index contributed by atoms with van der Waals surface area (Å²) in [6, 6.07) is 5.59. The van der Waals surface area contributed by atoms with E-state index in [1.54, 1.807) is 13.0 Å². The summed E-state index contributed by atoms with van der Waals surface area (Å²) in [6.07, 6.45) is 6.32. The molecule has 0 amide bonds. The maximum atomic E-state index is 12.1. The fraction of sp³-hybridized carbons (Fsp3) is 0.444. The maximum absolute atomic E-state index is 12.1. The first kappa shape index (κ1) is 26.4. The Kier molecular flexibility index (Phi) is 7.97. The lowest BCUT2D eigenvalue weighted by Crippen LogP contribution is -2.58. The molecule has 2 atom stereocenters. The van der Waals surface area contributed by atoms with Crippen molar-refractivity contribution in [1.82, 2.24) is 0 Å². The van der Waals surface area contributed by atoms with Crippen LogP contribution in [-0.4, -0.2) is 51.6 Å². The van der Waals surface area contributed by atoms with Crippen LogP contribution in [0.5, 0.6) is 11.5 Å².